The van der Waals surface area contributed by atoms with Crippen molar-refractivity contribution in [2.75, 3.05) is 11.9 Å². The van der Waals surface area contributed by atoms with Crippen LogP contribution in [0.4, 0.5) is 5.95 Å². The molecule has 0 radical (unpaired) electrons. The fraction of sp³-hybridized carbons (Fsp3) is 0.273. The van der Waals surface area contributed by atoms with Crippen LogP contribution < -0.4 is 11.1 Å². The summed E-state index contributed by atoms with van der Waals surface area (Å²) in [6, 6.07) is 3.90. The Balaban J connectivity index is 2.04. The standard InChI is InChI=1S/C11H12N6O/c12-9(18)10-15-11-14-5-3-8(17(11)16-10)7-2-1-4-13-6-7/h1-2,4,6,8H,3,5H2,(H2,12,18)(H,14,15,16). The van der Waals surface area contributed by atoms with E-state index in [1.807, 2.05) is 12.1 Å². The summed E-state index contributed by atoms with van der Waals surface area (Å²) >= 11 is 0. The van der Waals surface area contributed by atoms with Crippen molar-refractivity contribution in [1.82, 2.24) is 19.7 Å². The molecule has 2 aromatic rings. The van der Waals surface area contributed by atoms with Gasteiger partial charge < -0.3 is 11.1 Å². The average molecular weight is 244 g/mol. The van der Waals surface area contributed by atoms with E-state index in [-0.39, 0.29) is 11.9 Å². The molecule has 7 nitrogen and oxygen atoms in total. The van der Waals surface area contributed by atoms with E-state index in [0.29, 0.717) is 5.95 Å². The molecule has 1 aliphatic heterocycles. The summed E-state index contributed by atoms with van der Waals surface area (Å²) in [5, 5.41) is 7.25. The molecule has 92 valence electrons. The molecule has 2 aromatic heterocycles. The number of carbonyl (C=O) groups excluding carboxylic acids is 1. The number of pyridine rings is 1. The number of hydrogen-bond acceptors (Lipinski definition) is 5. The van der Waals surface area contributed by atoms with Gasteiger partial charge in [-0.2, -0.15) is 4.98 Å². The third-order valence-corrected chi connectivity index (χ3v) is 2.92. The Kier molecular flexibility index (Phi) is 2.44. The largest absolute Gasteiger partial charge is 0.363 e. The molecule has 3 heterocycles. The summed E-state index contributed by atoms with van der Waals surface area (Å²) < 4.78 is 1.70. The second-order valence-electron chi connectivity index (χ2n) is 4.09. The molecule has 1 amide bonds. The number of nitrogens with zero attached hydrogens (tertiary/aromatic N) is 4. The highest BCUT2D eigenvalue weighted by Gasteiger charge is 2.25. The van der Waals surface area contributed by atoms with Gasteiger partial charge in [0.15, 0.2) is 0 Å². The van der Waals surface area contributed by atoms with Crippen LogP contribution in [0.2, 0.25) is 0 Å². The third-order valence-electron chi connectivity index (χ3n) is 2.92. The Bertz CT molecular complexity index is 578. The van der Waals surface area contributed by atoms with Gasteiger partial charge in [-0.15, -0.1) is 5.10 Å². The molecule has 1 unspecified atom stereocenters. The number of amides is 1. The van der Waals surface area contributed by atoms with Crippen LogP contribution in [0.15, 0.2) is 24.5 Å². The second kappa shape index (κ2) is 4.10. The lowest BCUT2D eigenvalue weighted by atomic mass is 10.1. The van der Waals surface area contributed by atoms with Crippen LogP contribution in [0.25, 0.3) is 0 Å². The molecule has 0 aromatic carbocycles. The van der Waals surface area contributed by atoms with E-state index in [0.717, 1.165) is 18.5 Å². The summed E-state index contributed by atoms with van der Waals surface area (Å²) in [5.74, 6) is -0.0131. The molecular formula is C11H12N6O. The molecule has 1 aliphatic rings. The number of carbonyl (C=O) groups is 1. The molecule has 0 saturated heterocycles. The maximum atomic E-state index is 11.1. The van der Waals surface area contributed by atoms with Crippen molar-refractivity contribution in [2.45, 2.75) is 12.5 Å². The zero-order valence-electron chi connectivity index (χ0n) is 9.58. The van der Waals surface area contributed by atoms with Gasteiger partial charge in [-0.05, 0) is 18.1 Å². The number of fused-ring (bicyclic) bond motifs is 1. The number of nitrogens with two attached hydrogens (primary N) is 1. The molecule has 3 rings (SSSR count). The lowest BCUT2D eigenvalue weighted by Gasteiger charge is -2.24. The van der Waals surface area contributed by atoms with Crippen LogP contribution in [-0.4, -0.2) is 32.2 Å². The molecule has 0 saturated carbocycles. The van der Waals surface area contributed by atoms with Crippen molar-refractivity contribution < 1.29 is 4.79 Å². The number of primary amides is 1. The van der Waals surface area contributed by atoms with Crippen molar-refractivity contribution >= 4 is 11.9 Å². The maximum absolute atomic E-state index is 11.1. The van der Waals surface area contributed by atoms with Crippen LogP contribution in [0.3, 0.4) is 0 Å². The van der Waals surface area contributed by atoms with Gasteiger partial charge in [0.2, 0.25) is 11.8 Å². The van der Waals surface area contributed by atoms with Gasteiger partial charge in [-0.3, -0.25) is 9.78 Å². The number of nitrogens with one attached hydrogen (secondary N) is 1. The summed E-state index contributed by atoms with van der Waals surface area (Å²) in [6.45, 7) is 0.774. The van der Waals surface area contributed by atoms with E-state index in [1.165, 1.54) is 0 Å². The minimum Gasteiger partial charge on any atom is -0.363 e. The Morgan fingerprint density at radius 2 is 2.44 bits per heavy atom. The van der Waals surface area contributed by atoms with E-state index < -0.39 is 5.91 Å². The van der Waals surface area contributed by atoms with E-state index in [2.05, 4.69) is 20.4 Å². The van der Waals surface area contributed by atoms with E-state index in [4.69, 9.17) is 5.73 Å². The molecule has 0 aliphatic carbocycles. The van der Waals surface area contributed by atoms with Gasteiger partial charge in [0.05, 0.1) is 6.04 Å². The predicted molar refractivity (Wildman–Crippen MR) is 64.0 cm³/mol. The van der Waals surface area contributed by atoms with Crippen molar-refractivity contribution in [3.05, 3.63) is 35.9 Å². The fourth-order valence-electron chi connectivity index (χ4n) is 2.09. The number of aromatic nitrogens is 4. The highest BCUT2D eigenvalue weighted by atomic mass is 16.1. The van der Waals surface area contributed by atoms with Crippen molar-refractivity contribution in [2.24, 2.45) is 5.73 Å². The zero-order chi connectivity index (χ0) is 12.5. The average Bonchev–Trinajstić information content (AvgIpc) is 2.83. The first kappa shape index (κ1) is 10.7. The monoisotopic (exact) mass is 244 g/mol. The Morgan fingerprint density at radius 1 is 1.56 bits per heavy atom. The number of hydrogen-bond donors (Lipinski definition) is 2. The molecule has 7 heteroatoms. The highest BCUT2D eigenvalue weighted by Crippen LogP contribution is 2.27. The van der Waals surface area contributed by atoms with Gasteiger partial charge in [-0.1, -0.05) is 6.07 Å². The van der Waals surface area contributed by atoms with Gasteiger partial charge in [-0.25, -0.2) is 4.68 Å². The molecule has 0 fully saturated rings. The molecule has 3 N–H and O–H groups in total. The van der Waals surface area contributed by atoms with Crippen molar-refractivity contribution in [1.29, 1.82) is 0 Å². The normalized spacial score (nSPS) is 17.9. The first-order chi connectivity index (χ1) is 8.75. The van der Waals surface area contributed by atoms with Crippen molar-refractivity contribution in [3.63, 3.8) is 0 Å². The lowest BCUT2D eigenvalue weighted by Crippen LogP contribution is -2.24. The quantitative estimate of drug-likeness (QED) is 0.785. The smallest absolute Gasteiger partial charge is 0.288 e. The van der Waals surface area contributed by atoms with Crippen molar-refractivity contribution in [3.8, 4) is 0 Å². The predicted octanol–water partition coefficient (Wildman–Crippen LogP) is 0.177. The molecule has 0 spiro atoms. The molecule has 1 atom stereocenters. The molecular weight excluding hydrogens is 232 g/mol. The van der Waals surface area contributed by atoms with E-state index in [1.54, 1.807) is 17.1 Å². The van der Waals surface area contributed by atoms with Gasteiger partial charge in [0.1, 0.15) is 0 Å². The van der Waals surface area contributed by atoms with Crippen LogP contribution >= 0.6 is 0 Å². The SMILES string of the molecule is NC(=O)c1nc2n(n1)C(c1cccnc1)CCN2. The minimum absolute atomic E-state index is 0.0355. The van der Waals surface area contributed by atoms with Crippen LogP contribution in [0.1, 0.15) is 28.6 Å². The number of rotatable bonds is 2. The summed E-state index contributed by atoms with van der Waals surface area (Å²) in [6.07, 6.45) is 4.38. The van der Waals surface area contributed by atoms with Crippen LogP contribution in [0.5, 0.6) is 0 Å². The Hall–Kier alpha value is -2.44. The Labute approximate surface area is 103 Å². The maximum Gasteiger partial charge on any atom is 0.288 e. The first-order valence-electron chi connectivity index (χ1n) is 5.66. The minimum atomic E-state index is -0.622. The van der Waals surface area contributed by atoms with Crippen LogP contribution in [0, 0.1) is 0 Å². The van der Waals surface area contributed by atoms with E-state index >= 15 is 0 Å². The molecule has 18 heavy (non-hydrogen) atoms. The first-order valence-corrected chi connectivity index (χ1v) is 5.66. The fourth-order valence-corrected chi connectivity index (χ4v) is 2.09. The lowest BCUT2D eigenvalue weighted by molar-refractivity contribution is 0.0990. The van der Waals surface area contributed by atoms with Gasteiger partial charge in [0.25, 0.3) is 5.91 Å². The van der Waals surface area contributed by atoms with Crippen LogP contribution in [-0.2, 0) is 0 Å². The Morgan fingerprint density at radius 3 is 3.17 bits per heavy atom. The third kappa shape index (κ3) is 1.69. The molecule has 0 bridgehead atoms. The summed E-state index contributed by atoms with van der Waals surface area (Å²) in [5.41, 5.74) is 6.24. The topological polar surface area (TPSA) is 98.7 Å². The summed E-state index contributed by atoms with van der Waals surface area (Å²) in [4.78, 5) is 19.3. The summed E-state index contributed by atoms with van der Waals surface area (Å²) in [7, 11) is 0. The zero-order valence-corrected chi connectivity index (χ0v) is 9.58. The second-order valence-corrected chi connectivity index (χ2v) is 4.09. The highest BCUT2D eigenvalue weighted by molar-refractivity contribution is 5.89. The number of anilines is 1. The van der Waals surface area contributed by atoms with Gasteiger partial charge >= 0.3 is 0 Å². The van der Waals surface area contributed by atoms with Gasteiger partial charge in [0, 0.05) is 18.9 Å². The van der Waals surface area contributed by atoms with E-state index in [9.17, 15) is 4.79 Å².